The minimum Gasteiger partial charge on any atom is -0.299 e. The van der Waals surface area contributed by atoms with E-state index in [1.807, 2.05) is 12.1 Å². The van der Waals surface area contributed by atoms with Crippen molar-refractivity contribution in [3.8, 4) is 6.07 Å². The van der Waals surface area contributed by atoms with E-state index in [4.69, 9.17) is 0 Å². The monoisotopic (exact) mass is 325 g/mol. The second-order valence-electron chi connectivity index (χ2n) is 5.13. The Kier molecular flexibility index (Phi) is 3.54. The first-order chi connectivity index (χ1) is 11.0. The summed E-state index contributed by atoms with van der Waals surface area (Å²) < 4.78 is 2.18. The van der Waals surface area contributed by atoms with Gasteiger partial charge in [-0.25, -0.2) is 9.38 Å². The number of ketones is 2. The number of nitrogens with zero attached hydrogens (tertiary/aromatic N) is 3. The maximum atomic E-state index is 12.7. The molecule has 0 unspecified atom stereocenters. The maximum absolute atomic E-state index is 12.7. The molecule has 0 aliphatic carbocycles. The molecular formula is C16H11N3O3S. The Morgan fingerprint density at radius 3 is 2.52 bits per heavy atom. The molecule has 0 radical (unpaired) electrons. The summed E-state index contributed by atoms with van der Waals surface area (Å²) in [7, 11) is 0. The summed E-state index contributed by atoms with van der Waals surface area (Å²) in [6.07, 6.45) is 0. The maximum Gasteiger partial charge on any atom is 0.277 e. The summed E-state index contributed by atoms with van der Waals surface area (Å²) in [5, 5.41) is 9.36. The van der Waals surface area contributed by atoms with Crippen molar-refractivity contribution >= 4 is 38.1 Å². The third kappa shape index (κ3) is 2.24. The predicted molar refractivity (Wildman–Crippen MR) is 85.7 cm³/mol. The lowest BCUT2D eigenvalue weighted by molar-refractivity contribution is -0.126. The lowest BCUT2D eigenvalue weighted by atomic mass is 9.94. The van der Waals surface area contributed by atoms with Crippen molar-refractivity contribution < 1.29 is 9.59 Å². The van der Waals surface area contributed by atoms with Gasteiger partial charge in [0.25, 0.3) is 5.56 Å². The Morgan fingerprint density at radius 2 is 1.91 bits per heavy atom. The number of hydrogen-bond donors (Lipinski definition) is 0. The molecule has 0 amide bonds. The molecule has 0 fully saturated rings. The number of benzene rings is 1. The highest BCUT2D eigenvalue weighted by Crippen LogP contribution is 2.26. The molecule has 6 nitrogen and oxygen atoms in total. The molecule has 0 spiro atoms. The van der Waals surface area contributed by atoms with Crippen LogP contribution >= 0.6 is 11.3 Å². The third-order valence-corrected chi connectivity index (χ3v) is 4.61. The Morgan fingerprint density at radius 1 is 1.26 bits per heavy atom. The summed E-state index contributed by atoms with van der Waals surface area (Å²) in [4.78, 5) is 40.9. The lowest BCUT2D eigenvalue weighted by Crippen LogP contribution is -2.26. The average Bonchev–Trinajstić information content (AvgIpc) is 2.85. The van der Waals surface area contributed by atoms with Crippen molar-refractivity contribution in [2.24, 2.45) is 0 Å². The van der Waals surface area contributed by atoms with Crippen LogP contribution in [0.15, 0.2) is 29.1 Å². The van der Waals surface area contributed by atoms with Gasteiger partial charge in [0, 0.05) is 0 Å². The molecule has 2 aromatic heterocycles. The number of para-hydroxylation sites is 1. The molecule has 0 bridgehead atoms. The van der Waals surface area contributed by atoms with Crippen LogP contribution in [0.2, 0.25) is 0 Å². The van der Waals surface area contributed by atoms with Gasteiger partial charge in [0.05, 0.1) is 15.9 Å². The van der Waals surface area contributed by atoms with Gasteiger partial charge in [0.1, 0.15) is 29.1 Å². The zero-order valence-electron chi connectivity index (χ0n) is 12.4. The number of thiazole rings is 1. The summed E-state index contributed by atoms with van der Waals surface area (Å²) in [5.41, 5.74) is -0.224. The summed E-state index contributed by atoms with van der Waals surface area (Å²) >= 11 is 1.27. The van der Waals surface area contributed by atoms with Gasteiger partial charge in [0.2, 0.25) is 0 Å². The Labute approximate surface area is 134 Å². The van der Waals surface area contributed by atoms with Crippen LogP contribution in [-0.4, -0.2) is 21.0 Å². The molecule has 0 atom stereocenters. The van der Waals surface area contributed by atoms with E-state index < -0.39 is 23.0 Å². The number of aromatic nitrogens is 2. The van der Waals surface area contributed by atoms with Crippen LogP contribution in [0.25, 0.3) is 15.2 Å². The molecule has 0 aliphatic heterocycles. The van der Waals surface area contributed by atoms with Crippen LogP contribution in [0, 0.1) is 11.3 Å². The average molecular weight is 325 g/mol. The number of nitriles is 1. The van der Waals surface area contributed by atoms with E-state index in [1.165, 1.54) is 29.6 Å². The molecule has 0 N–H and O–H groups in total. The van der Waals surface area contributed by atoms with E-state index in [0.717, 1.165) is 4.70 Å². The van der Waals surface area contributed by atoms with Gasteiger partial charge in [0.15, 0.2) is 4.96 Å². The lowest BCUT2D eigenvalue weighted by Gasteiger charge is -2.11. The Hall–Kier alpha value is -2.85. The third-order valence-electron chi connectivity index (χ3n) is 3.59. The normalized spacial score (nSPS) is 11.0. The number of hydrogen-bond acceptors (Lipinski definition) is 6. The van der Waals surface area contributed by atoms with Gasteiger partial charge in [-0.1, -0.05) is 23.5 Å². The van der Waals surface area contributed by atoms with Crippen molar-refractivity contribution in [1.29, 1.82) is 5.26 Å². The van der Waals surface area contributed by atoms with E-state index in [1.54, 1.807) is 18.2 Å². The van der Waals surface area contributed by atoms with Gasteiger partial charge in [-0.2, -0.15) is 5.26 Å². The molecule has 3 aromatic rings. The second-order valence-corrected chi connectivity index (χ2v) is 6.14. The number of Topliss-reactive ketones (excluding diaryl/α,β-unsaturated/α-hetero) is 2. The minimum absolute atomic E-state index is 0.0518. The number of rotatable bonds is 3. The second kappa shape index (κ2) is 5.41. The SMILES string of the molecule is CC(=O)C(C(C)=O)c1nc2sc3ccccc3n2c(=O)c1C#N. The first kappa shape index (κ1) is 15.1. The van der Waals surface area contributed by atoms with Crippen molar-refractivity contribution in [2.75, 3.05) is 0 Å². The molecule has 7 heteroatoms. The van der Waals surface area contributed by atoms with Crippen LogP contribution < -0.4 is 5.56 Å². The zero-order valence-corrected chi connectivity index (χ0v) is 13.2. The fourth-order valence-corrected chi connectivity index (χ4v) is 3.63. The number of carbonyl (C=O) groups is 2. The quantitative estimate of drug-likeness (QED) is 0.687. The molecular weight excluding hydrogens is 314 g/mol. The van der Waals surface area contributed by atoms with Crippen LogP contribution in [0.5, 0.6) is 0 Å². The van der Waals surface area contributed by atoms with Gasteiger partial charge in [-0.05, 0) is 26.0 Å². The van der Waals surface area contributed by atoms with E-state index >= 15 is 0 Å². The van der Waals surface area contributed by atoms with Gasteiger partial charge < -0.3 is 0 Å². The molecule has 0 aliphatic rings. The fraction of sp³-hybridized carbons (Fsp3) is 0.188. The zero-order chi connectivity index (χ0) is 16.7. The topological polar surface area (TPSA) is 92.3 Å². The van der Waals surface area contributed by atoms with Crippen LogP contribution in [0.4, 0.5) is 0 Å². The van der Waals surface area contributed by atoms with E-state index in [2.05, 4.69) is 4.98 Å². The Balaban J connectivity index is 2.48. The van der Waals surface area contributed by atoms with Gasteiger partial charge in [-0.15, -0.1) is 0 Å². The van der Waals surface area contributed by atoms with Gasteiger partial charge in [-0.3, -0.25) is 14.4 Å². The molecule has 114 valence electrons. The van der Waals surface area contributed by atoms with Crippen LogP contribution in [0.1, 0.15) is 31.0 Å². The summed E-state index contributed by atoms with van der Waals surface area (Å²) in [6, 6.07) is 9.03. The van der Waals surface area contributed by atoms with Crippen LogP contribution in [-0.2, 0) is 9.59 Å². The van der Waals surface area contributed by atoms with Crippen molar-refractivity contribution in [1.82, 2.24) is 9.38 Å². The smallest absolute Gasteiger partial charge is 0.277 e. The first-order valence-corrected chi connectivity index (χ1v) is 7.62. The highest BCUT2D eigenvalue weighted by molar-refractivity contribution is 7.23. The highest BCUT2D eigenvalue weighted by Gasteiger charge is 2.29. The summed E-state index contributed by atoms with van der Waals surface area (Å²) in [6.45, 7) is 2.50. The summed E-state index contributed by atoms with van der Waals surface area (Å²) in [5.74, 6) is -2.06. The molecule has 23 heavy (non-hydrogen) atoms. The number of fused-ring (bicyclic) bond motifs is 3. The highest BCUT2D eigenvalue weighted by atomic mass is 32.1. The first-order valence-electron chi connectivity index (χ1n) is 6.81. The largest absolute Gasteiger partial charge is 0.299 e. The van der Waals surface area contributed by atoms with E-state index in [9.17, 15) is 19.6 Å². The van der Waals surface area contributed by atoms with Crippen molar-refractivity contribution in [3.63, 3.8) is 0 Å². The Bertz CT molecular complexity index is 1060. The molecule has 1 aromatic carbocycles. The minimum atomic E-state index is -1.19. The number of carbonyl (C=O) groups excluding carboxylic acids is 2. The molecule has 3 rings (SSSR count). The van der Waals surface area contributed by atoms with Gasteiger partial charge >= 0.3 is 0 Å². The molecule has 0 saturated carbocycles. The molecule has 2 heterocycles. The van der Waals surface area contributed by atoms with E-state index in [-0.39, 0.29) is 11.3 Å². The van der Waals surface area contributed by atoms with Crippen LogP contribution in [0.3, 0.4) is 0 Å². The standard InChI is InChI=1S/C16H11N3O3S/c1-8(20)13(9(2)21)14-10(7-17)15(22)19-11-5-3-4-6-12(11)23-16(19)18-14/h3-6,13H,1-2H3. The fourth-order valence-electron chi connectivity index (χ4n) is 2.61. The predicted octanol–water partition coefficient (Wildman–Crippen LogP) is 2.04. The van der Waals surface area contributed by atoms with Crippen molar-refractivity contribution in [2.45, 2.75) is 19.8 Å². The van der Waals surface area contributed by atoms with E-state index in [0.29, 0.717) is 10.5 Å². The molecule has 0 saturated heterocycles. The van der Waals surface area contributed by atoms with Crippen molar-refractivity contribution in [3.05, 3.63) is 45.9 Å².